The first-order chi connectivity index (χ1) is 12.9. The van der Waals surface area contributed by atoms with Crippen molar-refractivity contribution in [2.45, 2.75) is 19.5 Å². The van der Waals surface area contributed by atoms with E-state index in [0.29, 0.717) is 18.1 Å². The van der Waals surface area contributed by atoms with Crippen molar-refractivity contribution in [3.63, 3.8) is 0 Å². The van der Waals surface area contributed by atoms with Gasteiger partial charge in [-0.2, -0.15) is 0 Å². The Morgan fingerprint density at radius 1 is 1.25 bits per heavy atom. The predicted molar refractivity (Wildman–Crippen MR) is 116 cm³/mol. The molecule has 1 atom stereocenters. The number of nitro groups is 1. The van der Waals surface area contributed by atoms with Crippen molar-refractivity contribution < 1.29 is 13.7 Å². The Morgan fingerprint density at radius 3 is 2.50 bits per heavy atom. The fourth-order valence-corrected chi connectivity index (χ4v) is 2.28. The smallest absolute Gasteiger partial charge is 0.269 e. The van der Waals surface area contributed by atoms with Crippen LogP contribution in [0.5, 0.6) is 0 Å². The minimum atomic E-state index is -0.912. The van der Waals surface area contributed by atoms with Gasteiger partial charge in [0, 0.05) is 18.7 Å². The van der Waals surface area contributed by atoms with E-state index in [1.54, 1.807) is 25.1 Å². The molecule has 9 heteroatoms. The van der Waals surface area contributed by atoms with E-state index in [9.17, 15) is 18.9 Å². The zero-order valence-corrected chi connectivity index (χ0v) is 17.5. The van der Waals surface area contributed by atoms with Crippen molar-refractivity contribution in [3.05, 3.63) is 88.0 Å². The summed E-state index contributed by atoms with van der Waals surface area (Å²) in [6.07, 6.45) is 1.66. The van der Waals surface area contributed by atoms with Gasteiger partial charge in [0.15, 0.2) is 17.6 Å². The highest BCUT2D eigenvalue weighted by Gasteiger charge is 2.11. The van der Waals surface area contributed by atoms with Crippen LogP contribution in [0.2, 0.25) is 0 Å². The van der Waals surface area contributed by atoms with E-state index >= 15 is 0 Å². The first kappa shape index (κ1) is 23.5. The zero-order chi connectivity index (χ0) is 19.8. The molecule has 0 aliphatic heterocycles. The van der Waals surface area contributed by atoms with Crippen molar-refractivity contribution in [2.75, 3.05) is 6.54 Å². The lowest BCUT2D eigenvalue weighted by atomic mass is 10.1. The quantitative estimate of drug-likeness (QED) is 0.146. The Bertz CT molecular complexity index is 844. The molecule has 0 radical (unpaired) electrons. The molecule has 2 rings (SSSR count). The van der Waals surface area contributed by atoms with Gasteiger partial charge in [-0.05, 0) is 30.2 Å². The van der Waals surface area contributed by atoms with Gasteiger partial charge in [-0.3, -0.25) is 10.1 Å². The molecule has 2 N–H and O–H groups in total. The second kappa shape index (κ2) is 11.3. The molecule has 28 heavy (non-hydrogen) atoms. The number of benzene rings is 2. The van der Waals surface area contributed by atoms with Crippen LogP contribution in [0, 0.1) is 21.7 Å². The summed E-state index contributed by atoms with van der Waals surface area (Å²) in [7, 11) is 0. The highest BCUT2D eigenvalue weighted by Crippen LogP contribution is 2.16. The summed E-state index contributed by atoms with van der Waals surface area (Å²) < 4.78 is 26.5. The standard InChI is InChI=1S/C19H20F2N4O2.HI/c1-3-10-22-19(23-12-14-4-7-16(8-5-14)25(26)27)24-13(2)15-6-9-17(20)18(21)11-15;/h3-9,11,13H,1,10,12H2,2H3,(H2,22,23,24);1H. The van der Waals surface area contributed by atoms with Crippen molar-refractivity contribution in [3.8, 4) is 0 Å². The third kappa shape index (κ3) is 6.87. The van der Waals surface area contributed by atoms with E-state index in [0.717, 1.165) is 17.7 Å². The lowest BCUT2D eigenvalue weighted by Crippen LogP contribution is -2.39. The van der Waals surface area contributed by atoms with E-state index in [-0.39, 0.29) is 42.3 Å². The third-order valence-corrected chi connectivity index (χ3v) is 3.78. The molecule has 0 amide bonds. The van der Waals surface area contributed by atoms with Gasteiger partial charge in [-0.25, -0.2) is 13.8 Å². The van der Waals surface area contributed by atoms with Gasteiger partial charge in [-0.1, -0.05) is 24.3 Å². The number of hydrogen-bond donors (Lipinski definition) is 2. The van der Waals surface area contributed by atoms with E-state index in [2.05, 4.69) is 22.2 Å². The molecule has 0 saturated heterocycles. The van der Waals surface area contributed by atoms with Crippen LogP contribution in [-0.2, 0) is 6.54 Å². The Morgan fingerprint density at radius 2 is 1.93 bits per heavy atom. The summed E-state index contributed by atoms with van der Waals surface area (Å²) >= 11 is 0. The lowest BCUT2D eigenvalue weighted by molar-refractivity contribution is -0.384. The van der Waals surface area contributed by atoms with Crippen molar-refractivity contribution in [1.82, 2.24) is 10.6 Å². The molecule has 0 heterocycles. The van der Waals surface area contributed by atoms with E-state index < -0.39 is 16.6 Å². The number of nitrogens with one attached hydrogen (secondary N) is 2. The summed E-state index contributed by atoms with van der Waals surface area (Å²) in [6.45, 7) is 6.17. The van der Waals surface area contributed by atoms with Crippen LogP contribution in [0.15, 0.2) is 60.1 Å². The van der Waals surface area contributed by atoms with Crippen molar-refractivity contribution >= 4 is 35.6 Å². The molecule has 0 saturated carbocycles. The molecule has 2 aromatic carbocycles. The minimum Gasteiger partial charge on any atom is -0.353 e. The lowest BCUT2D eigenvalue weighted by Gasteiger charge is -2.18. The number of guanidine groups is 1. The summed E-state index contributed by atoms with van der Waals surface area (Å²) in [6, 6.07) is 9.47. The number of halogens is 3. The maximum atomic E-state index is 13.4. The van der Waals surface area contributed by atoms with E-state index in [4.69, 9.17) is 0 Å². The number of nitrogens with zero attached hydrogens (tertiary/aromatic N) is 2. The molecule has 0 aliphatic carbocycles. The molecule has 6 nitrogen and oxygen atoms in total. The molecular formula is C19H21F2IN4O2. The molecule has 0 fully saturated rings. The molecule has 0 aliphatic rings. The maximum Gasteiger partial charge on any atom is 0.269 e. The highest BCUT2D eigenvalue weighted by molar-refractivity contribution is 14.0. The second-order valence-electron chi connectivity index (χ2n) is 5.80. The van der Waals surface area contributed by atoms with E-state index in [1.807, 2.05) is 0 Å². The summed E-state index contributed by atoms with van der Waals surface area (Å²) in [5.41, 5.74) is 1.37. The SMILES string of the molecule is C=CCNC(=NCc1ccc([N+](=O)[O-])cc1)NC(C)c1ccc(F)c(F)c1.I. The molecular weight excluding hydrogens is 481 g/mol. The normalized spacial score (nSPS) is 11.9. The van der Waals surface area contributed by atoms with Crippen LogP contribution in [0.4, 0.5) is 14.5 Å². The molecule has 2 aromatic rings. The van der Waals surface area contributed by atoms with Crippen LogP contribution < -0.4 is 10.6 Å². The largest absolute Gasteiger partial charge is 0.353 e. The van der Waals surface area contributed by atoms with Crippen LogP contribution in [0.25, 0.3) is 0 Å². The Balaban J connectivity index is 0.00000392. The number of hydrogen-bond acceptors (Lipinski definition) is 3. The molecule has 150 valence electrons. The molecule has 0 spiro atoms. The summed E-state index contributed by atoms with van der Waals surface area (Å²) in [5.74, 6) is -1.36. The zero-order valence-electron chi connectivity index (χ0n) is 15.2. The number of aliphatic imine (C=N–C) groups is 1. The Labute approximate surface area is 178 Å². The van der Waals surface area contributed by atoms with Gasteiger partial charge >= 0.3 is 0 Å². The Hall–Kier alpha value is -2.56. The van der Waals surface area contributed by atoms with Crippen molar-refractivity contribution in [2.24, 2.45) is 4.99 Å². The van der Waals surface area contributed by atoms with Crippen LogP contribution >= 0.6 is 24.0 Å². The topological polar surface area (TPSA) is 79.6 Å². The highest BCUT2D eigenvalue weighted by atomic mass is 127. The number of rotatable bonds is 7. The van der Waals surface area contributed by atoms with Gasteiger partial charge in [0.1, 0.15) is 0 Å². The molecule has 0 aromatic heterocycles. The fraction of sp³-hybridized carbons (Fsp3) is 0.211. The van der Waals surface area contributed by atoms with Gasteiger partial charge in [-0.15, -0.1) is 30.6 Å². The van der Waals surface area contributed by atoms with Crippen LogP contribution in [0.1, 0.15) is 24.1 Å². The number of non-ortho nitro benzene ring substituents is 1. The molecule has 0 bridgehead atoms. The maximum absolute atomic E-state index is 13.4. The van der Waals surface area contributed by atoms with Gasteiger partial charge in [0.25, 0.3) is 5.69 Å². The monoisotopic (exact) mass is 502 g/mol. The predicted octanol–water partition coefficient (Wildman–Crippen LogP) is 4.47. The van der Waals surface area contributed by atoms with Crippen molar-refractivity contribution in [1.29, 1.82) is 0 Å². The fourth-order valence-electron chi connectivity index (χ4n) is 2.28. The van der Waals surface area contributed by atoms with Gasteiger partial charge in [0.05, 0.1) is 17.5 Å². The first-order valence-corrected chi connectivity index (χ1v) is 8.24. The van der Waals surface area contributed by atoms with Crippen LogP contribution in [-0.4, -0.2) is 17.4 Å². The molecule has 1 unspecified atom stereocenters. The Kier molecular flexibility index (Phi) is 9.49. The summed E-state index contributed by atoms with van der Waals surface area (Å²) in [5, 5.41) is 16.8. The average Bonchev–Trinajstić information content (AvgIpc) is 2.66. The summed E-state index contributed by atoms with van der Waals surface area (Å²) in [4.78, 5) is 14.7. The second-order valence-corrected chi connectivity index (χ2v) is 5.80. The average molecular weight is 502 g/mol. The minimum absolute atomic E-state index is 0. The van der Waals surface area contributed by atoms with E-state index in [1.165, 1.54) is 18.2 Å². The van der Waals surface area contributed by atoms with Gasteiger partial charge < -0.3 is 10.6 Å². The third-order valence-electron chi connectivity index (χ3n) is 3.78. The first-order valence-electron chi connectivity index (χ1n) is 8.24. The van der Waals surface area contributed by atoms with Gasteiger partial charge in [0.2, 0.25) is 0 Å². The van der Waals surface area contributed by atoms with Crippen LogP contribution in [0.3, 0.4) is 0 Å². The number of nitro benzene ring substituents is 1.